The highest BCUT2D eigenvalue weighted by Crippen LogP contribution is 2.23. The molecule has 1 aromatic heterocycles. The van der Waals surface area contributed by atoms with E-state index >= 15 is 0 Å². The highest BCUT2D eigenvalue weighted by Gasteiger charge is 2.24. The molecule has 0 bridgehead atoms. The van der Waals surface area contributed by atoms with Gasteiger partial charge in [0.25, 0.3) is 5.91 Å². The van der Waals surface area contributed by atoms with Gasteiger partial charge in [0.2, 0.25) is 0 Å². The fourth-order valence-corrected chi connectivity index (χ4v) is 4.00. The molecule has 1 saturated heterocycles. The third-order valence-corrected chi connectivity index (χ3v) is 5.81. The predicted molar refractivity (Wildman–Crippen MR) is 103 cm³/mol. The van der Waals surface area contributed by atoms with Gasteiger partial charge in [0.1, 0.15) is 5.82 Å². The van der Waals surface area contributed by atoms with Crippen LogP contribution < -0.4 is 16.4 Å². The summed E-state index contributed by atoms with van der Waals surface area (Å²) in [6.07, 6.45) is 7.87. The van der Waals surface area contributed by atoms with Gasteiger partial charge in [-0.2, -0.15) is 0 Å². The number of hydrogen-bond donors (Lipinski definition) is 3. The summed E-state index contributed by atoms with van der Waals surface area (Å²) < 4.78 is 0. The Morgan fingerprint density at radius 2 is 2.04 bits per heavy atom. The van der Waals surface area contributed by atoms with Gasteiger partial charge in [0, 0.05) is 25.7 Å². The molecule has 144 valence electrons. The van der Waals surface area contributed by atoms with Crippen LogP contribution in [0.25, 0.3) is 0 Å². The van der Waals surface area contributed by atoms with Gasteiger partial charge in [-0.15, -0.1) is 10.2 Å². The van der Waals surface area contributed by atoms with Crippen molar-refractivity contribution in [1.29, 1.82) is 0 Å². The van der Waals surface area contributed by atoms with Crippen LogP contribution >= 0.6 is 0 Å². The third kappa shape index (κ3) is 4.92. The molecule has 7 heteroatoms. The zero-order valence-electron chi connectivity index (χ0n) is 15.8. The van der Waals surface area contributed by atoms with Crippen molar-refractivity contribution in [2.75, 3.05) is 32.0 Å². The number of carbonyl (C=O) groups excluding carboxylic acids is 1. The second-order valence-electron chi connectivity index (χ2n) is 7.64. The van der Waals surface area contributed by atoms with Gasteiger partial charge in [0.05, 0.1) is 0 Å². The van der Waals surface area contributed by atoms with Crippen LogP contribution in [0.2, 0.25) is 0 Å². The Hall–Kier alpha value is -1.73. The molecule has 2 fully saturated rings. The van der Waals surface area contributed by atoms with E-state index in [0.29, 0.717) is 17.4 Å². The summed E-state index contributed by atoms with van der Waals surface area (Å²) in [7, 11) is 1.87. The number of nitrogens with two attached hydrogens (primary N) is 1. The van der Waals surface area contributed by atoms with Crippen LogP contribution in [0.15, 0.2) is 12.1 Å². The van der Waals surface area contributed by atoms with Crippen LogP contribution in [0.5, 0.6) is 0 Å². The molecule has 1 aliphatic heterocycles. The van der Waals surface area contributed by atoms with Gasteiger partial charge >= 0.3 is 0 Å². The van der Waals surface area contributed by atoms with Crippen molar-refractivity contribution in [2.45, 2.75) is 57.0 Å². The highest BCUT2D eigenvalue weighted by atomic mass is 16.2. The number of nitrogens with zero attached hydrogens (tertiary/aromatic N) is 3. The molecule has 3 rings (SSSR count). The summed E-state index contributed by atoms with van der Waals surface area (Å²) in [5.74, 6) is 1.15. The molecule has 2 heterocycles. The lowest BCUT2D eigenvalue weighted by Crippen LogP contribution is -2.38. The lowest BCUT2D eigenvalue weighted by atomic mass is 9.85. The lowest BCUT2D eigenvalue weighted by Gasteiger charge is -2.28. The number of hydrogen-bond acceptors (Lipinski definition) is 6. The molecule has 1 saturated carbocycles. The number of aromatic nitrogens is 2. The summed E-state index contributed by atoms with van der Waals surface area (Å²) in [6, 6.07) is 4.15. The molecule has 7 nitrogen and oxygen atoms in total. The minimum atomic E-state index is -0.0507. The quantitative estimate of drug-likeness (QED) is 0.738. The van der Waals surface area contributed by atoms with Crippen LogP contribution in [-0.4, -0.2) is 59.8 Å². The van der Waals surface area contributed by atoms with E-state index in [9.17, 15) is 4.79 Å². The number of rotatable bonds is 5. The second kappa shape index (κ2) is 9.28. The summed E-state index contributed by atoms with van der Waals surface area (Å²) >= 11 is 0. The zero-order chi connectivity index (χ0) is 18.4. The SMILES string of the molecule is CN(C(=O)c1ccc(NCC2CCCCC2N)nn1)C1CCCNCC1. The minimum Gasteiger partial charge on any atom is -0.368 e. The van der Waals surface area contributed by atoms with Gasteiger partial charge in [-0.05, 0) is 63.2 Å². The van der Waals surface area contributed by atoms with E-state index in [0.717, 1.165) is 45.3 Å². The topological polar surface area (TPSA) is 96.2 Å². The van der Waals surface area contributed by atoms with Crippen LogP contribution in [0.3, 0.4) is 0 Å². The Morgan fingerprint density at radius 3 is 2.81 bits per heavy atom. The van der Waals surface area contributed by atoms with Crippen molar-refractivity contribution in [2.24, 2.45) is 11.7 Å². The Morgan fingerprint density at radius 1 is 1.19 bits per heavy atom. The molecule has 1 aromatic rings. The van der Waals surface area contributed by atoms with Crippen LogP contribution in [-0.2, 0) is 0 Å². The van der Waals surface area contributed by atoms with E-state index in [1.54, 1.807) is 6.07 Å². The molecule has 2 aliphatic rings. The predicted octanol–water partition coefficient (Wildman–Crippen LogP) is 1.62. The van der Waals surface area contributed by atoms with E-state index in [-0.39, 0.29) is 18.0 Å². The molecule has 0 radical (unpaired) electrons. The van der Waals surface area contributed by atoms with Gasteiger partial charge < -0.3 is 21.3 Å². The van der Waals surface area contributed by atoms with E-state index in [2.05, 4.69) is 20.8 Å². The number of amides is 1. The molecular formula is C19H32N6O. The van der Waals surface area contributed by atoms with E-state index in [1.165, 1.54) is 19.3 Å². The van der Waals surface area contributed by atoms with E-state index in [1.807, 2.05) is 18.0 Å². The van der Waals surface area contributed by atoms with Crippen molar-refractivity contribution >= 4 is 11.7 Å². The zero-order valence-corrected chi connectivity index (χ0v) is 15.8. The van der Waals surface area contributed by atoms with Gasteiger partial charge in [-0.25, -0.2) is 0 Å². The first-order valence-corrected chi connectivity index (χ1v) is 9.96. The van der Waals surface area contributed by atoms with Crippen molar-refractivity contribution < 1.29 is 4.79 Å². The Balaban J connectivity index is 1.53. The molecule has 4 N–H and O–H groups in total. The Labute approximate surface area is 156 Å². The van der Waals surface area contributed by atoms with Crippen molar-refractivity contribution in [3.63, 3.8) is 0 Å². The standard InChI is InChI=1S/C19H32N6O/c1-25(15-6-4-11-21-12-10-15)19(26)17-8-9-18(24-23-17)22-13-14-5-2-3-7-16(14)20/h8-9,14-16,21H,2-7,10-13,20H2,1H3,(H,22,24). The Kier molecular flexibility index (Phi) is 6.80. The van der Waals surface area contributed by atoms with E-state index in [4.69, 9.17) is 5.73 Å². The average Bonchev–Trinajstić information content (AvgIpc) is 2.96. The largest absolute Gasteiger partial charge is 0.368 e. The maximum atomic E-state index is 12.7. The first-order valence-electron chi connectivity index (χ1n) is 9.96. The summed E-state index contributed by atoms with van der Waals surface area (Å²) in [6.45, 7) is 2.81. The first-order chi connectivity index (χ1) is 12.6. The highest BCUT2D eigenvalue weighted by molar-refractivity contribution is 5.92. The monoisotopic (exact) mass is 360 g/mol. The van der Waals surface area contributed by atoms with Gasteiger partial charge in [-0.1, -0.05) is 12.8 Å². The third-order valence-electron chi connectivity index (χ3n) is 5.81. The van der Waals surface area contributed by atoms with Crippen LogP contribution in [0, 0.1) is 5.92 Å². The number of anilines is 1. The fourth-order valence-electron chi connectivity index (χ4n) is 4.00. The second-order valence-corrected chi connectivity index (χ2v) is 7.64. The number of carbonyl (C=O) groups is 1. The molecule has 3 unspecified atom stereocenters. The van der Waals surface area contributed by atoms with Gasteiger partial charge in [0.15, 0.2) is 5.69 Å². The molecule has 0 spiro atoms. The average molecular weight is 361 g/mol. The summed E-state index contributed by atoms with van der Waals surface area (Å²) in [5, 5.41) is 15.0. The van der Waals surface area contributed by atoms with E-state index < -0.39 is 0 Å². The van der Waals surface area contributed by atoms with Crippen LogP contribution in [0.4, 0.5) is 5.82 Å². The molecule has 1 amide bonds. The molecule has 1 aliphatic carbocycles. The van der Waals surface area contributed by atoms with Crippen LogP contribution in [0.1, 0.15) is 55.4 Å². The Bertz CT molecular complexity index is 570. The first kappa shape index (κ1) is 19.0. The molecule has 26 heavy (non-hydrogen) atoms. The maximum Gasteiger partial charge on any atom is 0.274 e. The fraction of sp³-hybridized carbons (Fsp3) is 0.737. The van der Waals surface area contributed by atoms with Crippen molar-refractivity contribution in [1.82, 2.24) is 20.4 Å². The summed E-state index contributed by atoms with van der Waals surface area (Å²) in [4.78, 5) is 14.5. The summed E-state index contributed by atoms with van der Waals surface area (Å²) in [5.41, 5.74) is 6.60. The normalized spacial score (nSPS) is 26.8. The molecule has 3 atom stereocenters. The van der Waals surface area contributed by atoms with Gasteiger partial charge in [-0.3, -0.25) is 4.79 Å². The van der Waals surface area contributed by atoms with Crippen molar-refractivity contribution in [3.05, 3.63) is 17.8 Å². The minimum absolute atomic E-state index is 0.0507. The lowest BCUT2D eigenvalue weighted by molar-refractivity contribution is 0.0713. The maximum absolute atomic E-state index is 12.7. The molecular weight excluding hydrogens is 328 g/mol. The number of nitrogens with one attached hydrogen (secondary N) is 2. The molecule has 0 aromatic carbocycles. The van der Waals surface area contributed by atoms with Crippen molar-refractivity contribution in [3.8, 4) is 0 Å². The smallest absolute Gasteiger partial charge is 0.274 e.